The maximum absolute atomic E-state index is 11.4. The second-order valence-corrected chi connectivity index (χ2v) is 6.68. The van der Waals surface area contributed by atoms with Crippen LogP contribution in [0.2, 0.25) is 0 Å². The molecule has 4 heteroatoms. The molecule has 0 aliphatic heterocycles. The molecule has 2 atom stereocenters. The van der Waals surface area contributed by atoms with Crippen LogP contribution in [0.15, 0.2) is 30.3 Å². The van der Waals surface area contributed by atoms with Gasteiger partial charge in [0.1, 0.15) is 0 Å². The summed E-state index contributed by atoms with van der Waals surface area (Å²) in [5, 5.41) is 22.5. The van der Waals surface area contributed by atoms with Crippen LogP contribution < -0.4 is 0 Å². The molecule has 2 N–H and O–H groups in total. The first kappa shape index (κ1) is 19.4. The summed E-state index contributed by atoms with van der Waals surface area (Å²) in [4.78, 5) is 11.4. The van der Waals surface area contributed by atoms with Crippen molar-refractivity contribution in [1.29, 1.82) is 0 Å². The van der Waals surface area contributed by atoms with Gasteiger partial charge < -0.3 is 14.9 Å². The third-order valence-corrected chi connectivity index (χ3v) is 4.50. The van der Waals surface area contributed by atoms with E-state index in [9.17, 15) is 15.0 Å². The Hall–Kier alpha value is -1.91. The number of carbonyl (C=O) groups is 1. The molecule has 0 radical (unpaired) electrons. The number of ether oxygens (including phenoxy) is 1. The van der Waals surface area contributed by atoms with Gasteiger partial charge in [-0.1, -0.05) is 35.9 Å². The minimum absolute atomic E-state index is 0.0720. The Morgan fingerprint density at radius 3 is 2.60 bits per heavy atom. The van der Waals surface area contributed by atoms with Crippen LogP contribution in [0.25, 0.3) is 10.8 Å². The van der Waals surface area contributed by atoms with Crippen molar-refractivity contribution in [3.05, 3.63) is 47.0 Å². The van der Waals surface area contributed by atoms with Crippen LogP contribution in [-0.2, 0) is 16.0 Å². The van der Waals surface area contributed by atoms with Crippen LogP contribution in [-0.4, -0.2) is 35.0 Å². The Morgan fingerprint density at radius 2 is 1.88 bits per heavy atom. The minimum Gasteiger partial charge on any atom is -0.466 e. The van der Waals surface area contributed by atoms with Crippen molar-refractivity contribution in [2.75, 3.05) is 6.61 Å². The number of esters is 1. The normalized spacial score (nSPS) is 13.6. The molecular weight excluding hydrogens is 316 g/mol. The van der Waals surface area contributed by atoms with Crippen molar-refractivity contribution in [3.63, 3.8) is 0 Å². The Labute approximate surface area is 149 Å². The van der Waals surface area contributed by atoms with Gasteiger partial charge in [0.2, 0.25) is 0 Å². The summed E-state index contributed by atoms with van der Waals surface area (Å²) in [5.74, 6) is -0.428. The van der Waals surface area contributed by atoms with E-state index in [0.717, 1.165) is 6.42 Å². The average Bonchev–Trinajstić information content (AvgIpc) is 2.54. The highest BCUT2D eigenvalue weighted by Gasteiger charge is 2.17. The van der Waals surface area contributed by atoms with Crippen LogP contribution >= 0.6 is 0 Å². The predicted octanol–water partition coefficient (Wildman–Crippen LogP) is 3.45. The van der Waals surface area contributed by atoms with Gasteiger partial charge in [0.05, 0.1) is 25.2 Å². The van der Waals surface area contributed by atoms with Crippen molar-refractivity contribution in [2.24, 2.45) is 0 Å². The van der Waals surface area contributed by atoms with E-state index < -0.39 is 18.2 Å². The van der Waals surface area contributed by atoms with Gasteiger partial charge in [0, 0.05) is 0 Å². The Balaban J connectivity index is 1.97. The second kappa shape index (κ2) is 8.97. The number of aliphatic hydroxyl groups is 2. The van der Waals surface area contributed by atoms with Gasteiger partial charge >= 0.3 is 5.97 Å². The van der Waals surface area contributed by atoms with E-state index in [-0.39, 0.29) is 12.8 Å². The predicted molar refractivity (Wildman–Crippen MR) is 99.6 cm³/mol. The molecule has 2 rings (SSSR count). The van der Waals surface area contributed by atoms with Gasteiger partial charge in [-0.3, -0.25) is 4.79 Å². The number of rotatable bonds is 8. The van der Waals surface area contributed by atoms with E-state index >= 15 is 0 Å². The van der Waals surface area contributed by atoms with Crippen molar-refractivity contribution in [1.82, 2.24) is 0 Å². The lowest BCUT2D eigenvalue weighted by Crippen LogP contribution is -2.22. The summed E-state index contributed by atoms with van der Waals surface area (Å²) in [6.07, 6.45) is -0.123. The summed E-state index contributed by atoms with van der Waals surface area (Å²) in [6.45, 7) is 6.19. The molecule has 0 amide bonds. The summed E-state index contributed by atoms with van der Waals surface area (Å²) < 4.78 is 4.82. The highest BCUT2D eigenvalue weighted by Crippen LogP contribution is 2.25. The van der Waals surface area contributed by atoms with Crippen molar-refractivity contribution in [3.8, 4) is 0 Å². The molecule has 0 bridgehead atoms. The number of fused-ring (bicyclic) bond motifs is 1. The molecule has 2 unspecified atom stereocenters. The second-order valence-electron chi connectivity index (χ2n) is 6.68. The van der Waals surface area contributed by atoms with Gasteiger partial charge in [-0.2, -0.15) is 0 Å². The zero-order valence-electron chi connectivity index (χ0n) is 15.3. The SMILES string of the molecule is CCOC(=O)CC(O)CC(O)CCc1c(C)ccc2cc(C)ccc12. The fourth-order valence-corrected chi connectivity index (χ4v) is 3.19. The number of benzene rings is 2. The lowest BCUT2D eigenvalue weighted by atomic mass is 9.93. The third kappa shape index (κ3) is 5.55. The van der Waals surface area contributed by atoms with E-state index in [1.165, 1.54) is 27.5 Å². The van der Waals surface area contributed by atoms with E-state index in [0.29, 0.717) is 13.0 Å². The maximum Gasteiger partial charge on any atom is 0.308 e. The van der Waals surface area contributed by atoms with Gasteiger partial charge in [0.25, 0.3) is 0 Å². The quantitative estimate of drug-likeness (QED) is 0.720. The topological polar surface area (TPSA) is 66.8 Å². The molecule has 25 heavy (non-hydrogen) atoms. The highest BCUT2D eigenvalue weighted by atomic mass is 16.5. The first-order valence-electron chi connectivity index (χ1n) is 8.91. The molecule has 4 nitrogen and oxygen atoms in total. The van der Waals surface area contributed by atoms with Crippen molar-refractivity contribution >= 4 is 16.7 Å². The lowest BCUT2D eigenvalue weighted by molar-refractivity contribution is -0.145. The van der Waals surface area contributed by atoms with Crippen LogP contribution in [0.3, 0.4) is 0 Å². The van der Waals surface area contributed by atoms with Gasteiger partial charge in [-0.25, -0.2) is 0 Å². The van der Waals surface area contributed by atoms with Gasteiger partial charge in [-0.15, -0.1) is 0 Å². The number of aliphatic hydroxyl groups excluding tert-OH is 2. The number of hydrogen-bond acceptors (Lipinski definition) is 4. The third-order valence-electron chi connectivity index (χ3n) is 4.50. The Bertz CT molecular complexity index is 723. The first-order chi connectivity index (χ1) is 11.9. The van der Waals surface area contributed by atoms with E-state index in [4.69, 9.17) is 4.74 Å². The lowest BCUT2D eigenvalue weighted by Gasteiger charge is -2.17. The first-order valence-corrected chi connectivity index (χ1v) is 8.91. The molecule has 136 valence electrons. The zero-order valence-corrected chi connectivity index (χ0v) is 15.3. The molecular formula is C21H28O4. The van der Waals surface area contributed by atoms with Gasteiger partial charge in [-0.05, 0) is 61.9 Å². The van der Waals surface area contributed by atoms with Crippen molar-refractivity contribution < 1.29 is 19.7 Å². The van der Waals surface area contributed by atoms with E-state index in [2.05, 4.69) is 44.2 Å². The number of hydrogen-bond donors (Lipinski definition) is 2. The molecule has 0 saturated heterocycles. The molecule has 0 heterocycles. The maximum atomic E-state index is 11.4. The monoisotopic (exact) mass is 344 g/mol. The van der Waals surface area contributed by atoms with Crippen LogP contribution in [0.4, 0.5) is 0 Å². The zero-order chi connectivity index (χ0) is 18.4. The molecule has 0 fully saturated rings. The largest absolute Gasteiger partial charge is 0.466 e. The minimum atomic E-state index is -0.870. The molecule has 0 aliphatic rings. The van der Waals surface area contributed by atoms with E-state index in [1.54, 1.807) is 6.92 Å². The fraction of sp³-hybridized carbons (Fsp3) is 0.476. The molecule has 0 spiro atoms. The summed E-state index contributed by atoms with van der Waals surface area (Å²) in [6, 6.07) is 10.6. The molecule has 0 aromatic heterocycles. The highest BCUT2D eigenvalue weighted by molar-refractivity contribution is 5.87. The summed E-state index contributed by atoms with van der Waals surface area (Å²) in [5.41, 5.74) is 3.66. The Morgan fingerprint density at radius 1 is 1.12 bits per heavy atom. The van der Waals surface area contributed by atoms with Crippen LogP contribution in [0.1, 0.15) is 42.9 Å². The summed E-state index contributed by atoms with van der Waals surface area (Å²) >= 11 is 0. The number of carbonyl (C=O) groups excluding carboxylic acids is 1. The summed E-state index contributed by atoms with van der Waals surface area (Å²) in [7, 11) is 0. The number of aryl methyl sites for hydroxylation is 3. The van der Waals surface area contributed by atoms with Crippen LogP contribution in [0.5, 0.6) is 0 Å². The average molecular weight is 344 g/mol. The smallest absolute Gasteiger partial charge is 0.308 e. The van der Waals surface area contributed by atoms with Crippen molar-refractivity contribution in [2.45, 2.75) is 58.7 Å². The molecule has 0 saturated carbocycles. The van der Waals surface area contributed by atoms with Gasteiger partial charge in [0.15, 0.2) is 0 Å². The van der Waals surface area contributed by atoms with E-state index in [1.807, 2.05) is 0 Å². The molecule has 0 aliphatic carbocycles. The fourth-order valence-electron chi connectivity index (χ4n) is 3.19. The molecule has 2 aromatic carbocycles. The van der Waals surface area contributed by atoms with Crippen LogP contribution in [0, 0.1) is 13.8 Å². The molecule has 2 aromatic rings. The Kier molecular flexibility index (Phi) is 6.97. The standard InChI is InChI=1S/C21H28O4/c1-4-25-21(24)13-18(23)12-17(22)8-10-19-15(3)6-7-16-11-14(2)5-9-20(16)19/h5-7,9,11,17-18,22-23H,4,8,10,12-13H2,1-3H3.